The molecule has 0 atom stereocenters. The summed E-state index contributed by atoms with van der Waals surface area (Å²) in [4.78, 5) is 19.7. The minimum Gasteiger partial charge on any atom is -0.396 e. The number of carbonyl (C=O) groups is 1. The van der Waals surface area contributed by atoms with E-state index in [0.717, 1.165) is 51.4 Å². The highest BCUT2D eigenvalue weighted by molar-refractivity contribution is 6.00. The van der Waals surface area contributed by atoms with Crippen LogP contribution < -0.4 is 21.3 Å². The van der Waals surface area contributed by atoms with E-state index in [9.17, 15) is 4.79 Å². The third-order valence-electron chi connectivity index (χ3n) is 5.75. The van der Waals surface area contributed by atoms with Crippen molar-refractivity contribution in [3.05, 3.63) is 11.6 Å². The second kappa shape index (κ2) is 7.92. The van der Waals surface area contributed by atoms with Gasteiger partial charge in [0.2, 0.25) is 0 Å². The van der Waals surface area contributed by atoms with E-state index in [0.29, 0.717) is 22.9 Å². The number of nitrogens with one attached hydrogen (secondary N) is 2. The molecule has 1 aliphatic heterocycles. The number of carbonyl (C=O) groups excluding carboxylic acids is 1. The lowest BCUT2D eigenvalue weighted by molar-refractivity contribution is -0.0952. The molecule has 1 amide bonds. The number of nitrogens with zero attached hydrogens (tertiary/aromatic N) is 2. The van der Waals surface area contributed by atoms with E-state index in [1.165, 1.54) is 0 Å². The van der Waals surface area contributed by atoms with Gasteiger partial charge in [-0.1, -0.05) is 13.8 Å². The van der Waals surface area contributed by atoms with Gasteiger partial charge in [0.05, 0.1) is 24.5 Å². The first kappa shape index (κ1) is 19.7. The van der Waals surface area contributed by atoms with Crippen LogP contribution in [0.4, 0.5) is 17.3 Å². The van der Waals surface area contributed by atoms with Crippen molar-refractivity contribution < 1.29 is 9.53 Å². The molecule has 7 nitrogen and oxygen atoms in total. The van der Waals surface area contributed by atoms with Crippen LogP contribution in [0.2, 0.25) is 0 Å². The van der Waals surface area contributed by atoms with Gasteiger partial charge in [0.15, 0.2) is 5.82 Å². The molecule has 0 radical (unpaired) electrons. The van der Waals surface area contributed by atoms with E-state index in [1.54, 1.807) is 13.1 Å². The molecule has 2 heterocycles. The number of nitrogen functional groups attached to an aromatic ring is 1. The van der Waals surface area contributed by atoms with E-state index in [4.69, 9.17) is 10.5 Å². The van der Waals surface area contributed by atoms with Gasteiger partial charge in [-0.3, -0.25) is 4.79 Å². The van der Waals surface area contributed by atoms with Crippen LogP contribution in [0.3, 0.4) is 0 Å². The molecule has 0 unspecified atom stereocenters. The normalized spacial score (nSPS) is 24.0. The van der Waals surface area contributed by atoms with Crippen LogP contribution in [0.15, 0.2) is 6.07 Å². The number of amides is 1. The summed E-state index contributed by atoms with van der Waals surface area (Å²) < 4.78 is 5.37. The maximum Gasteiger partial charge on any atom is 0.255 e. The number of nitrogens with two attached hydrogens (primary N) is 1. The summed E-state index contributed by atoms with van der Waals surface area (Å²) >= 11 is 0. The van der Waals surface area contributed by atoms with Gasteiger partial charge in [0.1, 0.15) is 5.82 Å². The van der Waals surface area contributed by atoms with Crippen LogP contribution in [0, 0.1) is 11.3 Å². The zero-order valence-electron chi connectivity index (χ0n) is 17.0. The minimum atomic E-state index is -0.0896. The lowest BCUT2D eigenvalue weighted by atomic mass is 9.87. The monoisotopic (exact) mass is 375 g/mol. The second-order valence-corrected chi connectivity index (χ2v) is 8.64. The molecule has 0 spiro atoms. The molecule has 4 N–H and O–H groups in total. The highest BCUT2D eigenvalue weighted by atomic mass is 16.5. The molecule has 27 heavy (non-hydrogen) atoms. The van der Waals surface area contributed by atoms with Gasteiger partial charge in [-0.05, 0) is 37.7 Å². The number of pyridine rings is 1. The molecule has 1 aromatic rings. The van der Waals surface area contributed by atoms with E-state index in [1.807, 2.05) is 11.9 Å². The average Bonchev–Trinajstić information content (AvgIpc) is 2.61. The first-order valence-corrected chi connectivity index (χ1v) is 9.89. The van der Waals surface area contributed by atoms with Gasteiger partial charge in [-0.15, -0.1) is 0 Å². The molecule has 0 bridgehead atoms. The molecule has 150 valence electrons. The Bertz CT molecular complexity index is 681. The fourth-order valence-corrected chi connectivity index (χ4v) is 4.03. The van der Waals surface area contributed by atoms with Gasteiger partial charge >= 0.3 is 0 Å². The molecule has 1 saturated heterocycles. The minimum absolute atomic E-state index is 0.0882. The number of ether oxygens (including phenoxy) is 1. The van der Waals surface area contributed by atoms with E-state index in [2.05, 4.69) is 29.5 Å². The topological polar surface area (TPSA) is 92.5 Å². The summed E-state index contributed by atoms with van der Waals surface area (Å²) in [5.74, 6) is 1.91. The SMILES string of the molecule is CNc1nc(N(C)CC2(C)COC2)c(C(=O)N[C@H]2CC[C@H](C)CC2)cc1N. The van der Waals surface area contributed by atoms with Crippen molar-refractivity contribution in [1.82, 2.24) is 10.3 Å². The Morgan fingerprint density at radius 2 is 2.04 bits per heavy atom. The fraction of sp³-hybridized carbons (Fsp3) is 0.700. The summed E-state index contributed by atoms with van der Waals surface area (Å²) in [7, 11) is 3.76. The average molecular weight is 376 g/mol. The molecule has 1 saturated carbocycles. The highest BCUT2D eigenvalue weighted by Gasteiger charge is 2.35. The zero-order chi connectivity index (χ0) is 19.6. The highest BCUT2D eigenvalue weighted by Crippen LogP contribution is 2.32. The molecule has 2 aliphatic rings. The maximum absolute atomic E-state index is 13.0. The van der Waals surface area contributed by atoms with Crippen LogP contribution >= 0.6 is 0 Å². The number of anilines is 3. The summed E-state index contributed by atoms with van der Waals surface area (Å²) in [6.45, 7) is 6.69. The van der Waals surface area contributed by atoms with Crippen LogP contribution in [0.25, 0.3) is 0 Å². The number of hydrogen-bond donors (Lipinski definition) is 3. The Kier molecular flexibility index (Phi) is 5.79. The van der Waals surface area contributed by atoms with Gasteiger partial charge in [0, 0.05) is 32.1 Å². The van der Waals surface area contributed by atoms with Crippen molar-refractivity contribution in [2.75, 3.05) is 49.8 Å². The van der Waals surface area contributed by atoms with E-state index in [-0.39, 0.29) is 17.4 Å². The Balaban J connectivity index is 1.81. The predicted molar refractivity (Wildman–Crippen MR) is 109 cm³/mol. The Morgan fingerprint density at radius 3 is 2.59 bits per heavy atom. The molecule has 2 fully saturated rings. The molecule has 1 aliphatic carbocycles. The molecule has 0 aromatic carbocycles. The summed E-state index contributed by atoms with van der Waals surface area (Å²) in [5, 5.41) is 6.21. The third kappa shape index (κ3) is 4.46. The van der Waals surface area contributed by atoms with Crippen LogP contribution in [-0.4, -0.2) is 50.8 Å². The van der Waals surface area contributed by atoms with Gasteiger partial charge in [0.25, 0.3) is 5.91 Å². The fourth-order valence-electron chi connectivity index (χ4n) is 4.03. The molecule has 3 rings (SSSR count). The Labute approximate surface area is 162 Å². The van der Waals surface area contributed by atoms with Crippen molar-refractivity contribution >= 4 is 23.2 Å². The maximum atomic E-state index is 13.0. The van der Waals surface area contributed by atoms with Crippen LogP contribution in [-0.2, 0) is 4.74 Å². The van der Waals surface area contributed by atoms with Gasteiger partial charge in [-0.2, -0.15) is 0 Å². The Hall–Kier alpha value is -2.02. The Morgan fingerprint density at radius 1 is 1.37 bits per heavy atom. The molecular weight excluding hydrogens is 342 g/mol. The number of hydrogen-bond acceptors (Lipinski definition) is 6. The quantitative estimate of drug-likeness (QED) is 0.707. The first-order valence-electron chi connectivity index (χ1n) is 9.89. The summed E-state index contributed by atoms with van der Waals surface area (Å²) in [6, 6.07) is 1.97. The van der Waals surface area contributed by atoms with Crippen molar-refractivity contribution in [2.45, 2.75) is 45.6 Å². The first-order chi connectivity index (χ1) is 12.8. The van der Waals surface area contributed by atoms with Crippen molar-refractivity contribution in [3.63, 3.8) is 0 Å². The zero-order valence-corrected chi connectivity index (χ0v) is 17.0. The lowest BCUT2D eigenvalue weighted by Gasteiger charge is -2.41. The third-order valence-corrected chi connectivity index (χ3v) is 5.75. The number of rotatable bonds is 6. The van der Waals surface area contributed by atoms with E-state index < -0.39 is 0 Å². The molecular formula is C20H33N5O2. The van der Waals surface area contributed by atoms with Crippen molar-refractivity contribution in [3.8, 4) is 0 Å². The van der Waals surface area contributed by atoms with Crippen LogP contribution in [0.5, 0.6) is 0 Å². The standard InChI is InChI=1S/C20H33N5O2/c1-13-5-7-14(8-6-13)23-19(26)15-9-16(21)17(22-3)24-18(15)25(4)10-20(2)11-27-12-20/h9,13-14H,5-8,10-12,21H2,1-4H3,(H,22,24)(H,23,26)/t13-,14-. The van der Waals surface area contributed by atoms with Gasteiger partial charge < -0.3 is 26.0 Å². The molecule has 1 aromatic heterocycles. The predicted octanol–water partition coefficient (Wildman–Crippen LogP) is 2.49. The van der Waals surface area contributed by atoms with Crippen molar-refractivity contribution in [2.24, 2.45) is 11.3 Å². The van der Waals surface area contributed by atoms with Gasteiger partial charge in [-0.25, -0.2) is 4.98 Å². The van der Waals surface area contributed by atoms with E-state index >= 15 is 0 Å². The largest absolute Gasteiger partial charge is 0.396 e. The lowest BCUT2D eigenvalue weighted by Crippen LogP contribution is -2.48. The summed E-state index contributed by atoms with van der Waals surface area (Å²) in [5.41, 5.74) is 7.22. The van der Waals surface area contributed by atoms with Crippen molar-refractivity contribution in [1.29, 1.82) is 0 Å². The second-order valence-electron chi connectivity index (χ2n) is 8.64. The smallest absolute Gasteiger partial charge is 0.255 e. The summed E-state index contributed by atoms with van der Waals surface area (Å²) in [6.07, 6.45) is 4.39. The molecule has 7 heteroatoms. The number of aromatic nitrogens is 1. The van der Waals surface area contributed by atoms with Crippen LogP contribution in [0.1, 0.15) is 49.9 Å².